The molecule has 2 unspecified atom stereocenters. The molecule has 4 rings (SSSR count). The summed E-state index contributed by atoms with van der Waals surface area (Å²) in [5.74, 6) is -0.104. The topological polar surface area (TPSA) is 46.6 Å². The number of rotatable bonds is 3. The molecule has 5 nitrogen and oxygen atoms in total. The first-order valence-electron chi connectivity index (χ1n) is 6.31. The summed E-state index contributed by atoms with van der Waals surface area (Å²) in [5.41, 5.74) is 0.715. The molecule has 0 aliphatic carbocycles. The first-order chi connectivity index (χ1) is 9.63. The highest BCUT2D eigenvalue weighted by molar-refractivity contribution is 6.30. The van der Waals surface area contributed by atoms with Crippen LogP contribution in [0.1, 0.15) is 0 Å². The molecule has 2 bridgehead atoms. The van der Waals surface area contributed by atoms with Gasteiger partial charge in [-0.1, -0.05) is 11.6 Å². The van der Waals surface area contributed by atoms with Gasteiger partial charge in [0.15, 0.2) is 10.9 Å². The van der Waals surface area contributed by atoms with Crippen molar-refractivity contribution in [1.29, 1.82) is 0 Å². The molecular weight excluding hydrogens is 292 g/mol. The lowest BCUT2D eigenvalue weighted by atomic mass is 10.1. The summed E-state index contributed by atoms with van der Waals surface area (Å²) in [5, 5.41) is 3.31. The lowest BCUT2D eigenvalue weighted by Gasteiger charge is -2.37. The largest absolute Gasteiger partial charge is 0.431 e. The van der Waals surface area contributed by atoms with Crippen LogP contribution in [0.15, 0.2) is 12.3 Å². The van der Waals surface area contributed by atoms with Crippen molar-refractivity contribution in [1.82, 2.24) is 10.3 Å². The minimum atomic E-state index is -2.92. The van der Waals surface area contributed by atoms with E-state index in [2.05, 4.69) is 19.9 Å². The number of nitrogens with zero attached hydrogens (tertiary/aromatic N) is 2. The zero-order chi connectivity index (χ0) is 14.1. The summed E-state index contributed by atoms with van der Waals surface area (Å²) < 4.78 is 34.6. The number of nitrogens with one attached hydrogen (secondary N) is 1. The van der Waals surface area contributed by atoms with E-state index in [4.69, 9.17) is 16.3 Å². The first kappa shape index (κ1) is 13.8. The van der Waals surface area contributed by atoms with Crippen LogP contribution in [-0.2, 0) is 4.74 Å². The van der Waals surface area contributed by atoms with E-state index in [9.17, 15) is 8.78 Å². The van der Waals surface area contributed by atoms with E-state index < -0.39 is 6.61 Å². The number of anilines is 1. The molecule has 8 heteroatoms. The third kappa shape index (κ3) is 2.79. The van der Waals surface area contributed by atoms with Crippen molar-refractivity contribution < 1.29 is 18.3 Å². The van der Waals surface area contributed by atoms with Crippen LogP contribution in [0.3, 0.4) is 0 Å². The van der Waals surface area contributed by atoms with E-state index in [1.807, 2.05) is 0 Å². The van der Waals surface area contributed by atoms with E-state index >= 15 is 0 Å². The molecule has 0 spiro atoms. The van der Waals surface area contributed by atoms with E-state index in [0.717, 1.165) is 13.1 Å². The Balaban J connectivity index is 1.86. The minimum absolute atomic E-state index is 0.0663. The Morgan fingerprint density at radius 3 is 3.15 bits per heavy atom. The Labute approximate surface area is 119 Å². The summed E-state index contributed by atoms with van der Waals surface area (Å²) in [4.78, 5) is 6.02. The van der Waals surface area contributed by atoms with Crippen LogP contribution in [0.5, 0.6) is 5.75 Å². The lowest BCUT2D eigenvalue weighted by Crippen LogP contribution is -2.56. The Morgan fingerprint density at radius 2 is 2.35 bits per heavy atom. The highest BCUT2D eigenvalue weighted by Crippen LogP contribution is 2.30. The number of ether oxygens (including phenoxy) is 2. The molecule has 3 fully saturated rings. The van der Waals surface area contributed by atoms with E-state index in [1.54, 1.807) is 6.20 Å². The highest BCUT2D eigenvalue weighted by atomic mass is 35.5. The van der Waals surface area contributed by atoms with Gasteiger partial charge >= 0.3 is 6.61 Å². The van der Waals surface area contributed by atoms with Gasteiger partial charge in [0, 0.05) is 25.2 Å². The summed E-state index contributed by atoms with van der Waals surface area (Å²) in [6.45, 7) is -0.151. The number of alkyl halides is 2. The molecule has 0 saturated carbocycles. The van der Waals surface area contributed by atoms with E-state index in [1.165, 1.54) is 6.07 Å². The molecule has 2 atom stereocenters. The molecule has 0 aromatic carbocycles. The van der Waals surface area contributed by atoms with Gasteiger partial charge in [0.25, 0.3) is 0 Å². The third-order valence-electron chi connectivity index (χ3n) is 3.47. The minimum Gasteiger partial charge on any atom is -0.431 e. The smallest absolute Gasteiger partial charge is 0.387 e. The Hall–Kier alpha value is -1.18. The highest BCUT2D eigenvalue weighted by Gasteiger charge is 2.32. The number of pyridine rings is 1. The molecule has 1 aromatic rings. The zero-order valence-electron chi connectivity index (χ0n) is 10.6. The summed E-state index contributed by atoms with van der Waals surface area (Å²) in [7, 11) is 0. The normalized spacial score (nSPS) is 25.9. The first-order valence-corrected chi connectivity index (χ1v) is 6.69. The molecule has 110 valence electrons. The Bertz CT molecular complexity index is 488. The number of fused-ring (bicyclic) bond motifs is 4. The van der Waals surface area contributed by atoms with Gasteiger partial charge in [-0.05, 0) is 0 Å². The van der Waals surface area contributed by atoms with Crippen molar-refractivity contribution in [3.63, 3.8) is 0 Å². The monoisotopic (exact) mass is 305 g/mol. The maximum Gasteiger partial charge on any atom is 0.387 e. The van der Waals surface area contributed by atoms with Gasteiger partial charge in [-0.15, -0.1) is 0 Å². The Kier molecular flexibility index (Phi) is 3.91. The van der Waals surface area contributed by atoms with Crippen molar-refractivity contribution in [3.8, 4) is 5.75 Å². The molecule has 0 radical (unpaired) electrons. The maximum atomic E-state index is 12.3. The second kappa shape index (κ2) is 5.67. The predicted octanol–water partition coefficient (Wildman–Crippen LogP) is 1.51. The number of hydrogen-bond donors (Lipinski definition) is 1. The summed E-state index contributed by atoms with van der Waals surface area (Å²) >= 11 is 5.77. The molecule has 3 saturated heterocycles. The summed E-state index contributed by atoms with van der Waals surface area (Å²) in [6, 6.07) is 1.88. The third-order valence-corrected chi connectivity index (χ3v) is 3.75. The van der Waals surface area contributed by atoms with Gasteiger partial charge in [0.1, 0.15) is 0 Å². The van der Waals surface area contributed by atoms with Crippen LogP contribution in [0.4, 0.5) is 14.5 Å². The lowest BCUT2D eigenvalue weighted by molar-refractivity contribution is -0.0499. The van der Waals surface area contributed by atoms with Gasteiger partial charge in [-0.25, -0.2) is 4.98 Å². The summed E-state index contributed by atoms with van der Waals surface area (Å²) in [6.07, 6.45) is 1.57. The number of halogens is 3. The zero-order valence-corrected chi connectivity index (χ0v) is 11.3. The van der Waals surface area contributed by atoms with Crippen molar-refractivity contribution in [2.24, 2.45) is 0 Å². The van der Waals surface area contributed by atoms with Crippen molar-refractivity contribution in [2.45, 2.75) is 18.7 Å². The van der Waals surface area contributed by atoms with Crippen LogP contribution in [-0.4, -0.2) is 50.0 Å². The fourth-order valence-electron chi connectivity index (χ4n) is 2.54. The number of aromatic nitrogens is 1. The van der Waals surface area contributed by atoms with Crippen molar-refractivity contribution in [3.05, 3.63) is 17.4 Å². The van der Waals surface area contributed by atoms with Gasteiger partial charge in [-0.2, -0.15) is 8.78 Å². The van der Waals surface area contributed by atoms with Crippen LogP contribution < -0.4 is 15.0 Å². The molecule has 1 N–H and O–H groups in total. The standard InChI is InChI=1S/C12H14ClF2N3O2/c13-11-10(20-12(14)15)1-8(2-17-11)18-4-7-5-19-6-9(18)3-16-7/h1-2,7,9,12,16H,3-6H2. The van der Waals surface area contributed by atoms with Crippen LogP contribution in [0.2, 0.25) is 5.15 Å². The van der Waals surface area contributed by atoms with Gasteiger partial charge < -0.3 is 19.7 Å². The molecule has 4 heterocycles. The van der Waals surface area contributed by atoms with Gasteiger partial charge in [0.2, 0.25) is 0 Å². The average molecular weight is 306 g/mol. The Morgan fingerprint density at radius 1 is 1.50 bits per heavy atom. The maximum absolute atomic E-state index is 12.3. The molecule has 3 aliphatic rings. The SMILES string of the molecule is FC(F)Oc1cc(N2CC3COCC2CN3)cnc1Cl. The molecular formula is C12H14ClF2N3O2. The number of piperazine rings is 1. The molecule has 1 aromatic heterocycles. The quantitative estimate of drug-likeness (QED) is 0.858. The van der Waals surface area contributed by atoms with E-state index in [-0.39, 0.29) is 23.0 Å². The van der Waals surface area contributed by atoms with Gasteiger partial charge in [0.05, 0.1) is 31.1 Å². The molecule has 0 amide bonds. The van der Waals surface area contributed by atoms with Crippen LogP contribution >= 0.6 is 11.6 Å². The van der Waals surface area contributed by atoms with Crippen molar-refractivity contribution in [2.75, 3.05) is 31.2 Å². The second-order valence-electron chi connectivity index (χ2n) is 4.81. The molecule has 20 heavy (non-hydrogen) atoms. The predicted molar refractivity (Wildman–Crippen MR) is 69.6 cm³/mol. The fourth-order valence-corrected chi connectivity index (χ4v) is 2.69. The van der Waals surface area contributed by atoms with Crippen LogP contribution in [0.25, 0.3) is 0 Å². The van der Waals surface area contributed by atoms with E-state index in [0.29, 0.717) is 18.9 Å². The molecule has 3 aliphatic heterocycles. The fraction of sp³-hybridized carbons (Fsp3) is 0.583. The second-order valence-corrected chi connectivity index (χ2v) is 5.17. The van der Waals surface area contributed by atoms with Crippen LogP contribution in [0, 0.1) is 0 Å². The number of hydrogen-bond acceptors (Lipinski definition) is 5. The van der Waals surface area contributed by atoms with Crippen molar-refractivity contribution >= 4 is 17.3 Å². The van der Waals surface area contributed by atoms with Gasteiger partial charge in [-0.3, -0.25) is 0 Å². The average Bonchev–Trinajstić information content (AvgIpc) is 2.76.